The number of amides is 3. The van der Waals surface area contributed by atoms with Crippen molar-refractivity contribution in [2.24, 2.45) is 5.41 Å². The van der Waals surface area contributed by atoms with Crippen LogP contribution in [-0.4, -0.2) is 73.5 Å². The summed E-state index contributed by atoms with van der Waals surface area (Å²) in [6.45, 7) is 4.75. The highest BCUT2D eigenvalue weighted by atomic mass is 16.5. The zero-order valence-corrected chi connectivity index (χ0v) is 18.8. The summed E-state index contributed by atoms with van der Waals surface area (Å²) in [5.74, 6) is 0.136. The minimum atomic E-state index is -0.513. The van der Waals surface area contributed by atoms with Crippen molar-refractivity contribution in [3.8, 4) is 0 Å². The quantitative estimate of drug-likeness (QED) is 0.609. The highest BCUT2D eigenvalue weighted by Gasteiger charge is 2.54. The van der Waals surface area contributed by atoms with Gasteiger partial charge in [-0.15, -0.1) is 0 Å². The van der Waals surface area contributed by atoms with Crippen molar-refractivity contribution in [3.05, 3.63) is 35.9 Å². The molecule has 7 heteroatoms. The Kier molecular flexibility index (Phi) is 8.07. The summed E-state index contributed by atoms with van der Waals surface area (Å²) in [4.78, 5) is 42.2. The maximum Gasteiger partial charge on any atom is 0.242 e. The van der Waals surface area contributed by atoms with Crippen LogP contribution in [0.4, 0.5) is 0 Å². The molecular formula is C24H35N3O4. The zero-order valence-electron chi connectivity index (χ0n) is 18.8. The lowest BCUT2D eigenvalue weighted by molar-refractivity contribution is -0.143. The molecule has 0 radical (unpaired) electrons. The Morgan fingerprint density at radius 2 is 1.90 bits per heavy atom. The lowest BCUT2D eigenvalue weighted by Gasteiger charge is -2.38. The Morgan fingerprint density at radius 1 is 1.19 bits per heavy atom. The van der Waals surface area contributed by atoms with Gasteiger partial charge in [-0.25, -0.2) is 0 Å². The van der Waals surface area contributed by atoms with Gasteiger partial charge in [0.05, 0.1) is 5.41 Å². The molecule has 0 saturated carbocycles. The molecule has 3 rings (SSSR count). The Hall–Kier alpha value is -2.41. The van der Waals surface area contributed by atoms with Crippen LogP contribution in [0.3, 0.4) is 0 Å². The first kappa shape index (κ1) is 23.3. The second kappa shape index (κ2) is 10.8. The molecule has 2 aliphatic rings. The van der Waals surface area contributed by atoms with Gasteiger partial charge in [-0.3, -0.25) is 14.4 Å². The van der Waals surface area contributed by atoms with Gasteiger partial charge < -0.3 is 19.9 Å². The second-order valence-electron chi connectivity index (χ2n) is 8.60. The number of carbonyl (C=O) groups is 3. The predicted octanol–water partition coefficient (Wildman–Crippen LogP) is 2.00. The summed E-state index contributed by atoms with van der Waals surface area (Å²) in [7, 11) is 1.64. The molecule has 2 saturated heterocycles. The fraction of sp³-hybridized carbons (Fsp3) is 0.625. The number of ether oxygens (including phenoxy) is 1. The van der Waals surface area contributed by atoms with Gasteiger partial charge in [0, 0.05) is 46.3 Å². The largest absolute Gasteiger partial charge is 0.385 e. The normalized spacial score (nSPS) is 20.3. The molecule has 0 aliphatic carbocycles. The van der Waals surface area contributed by atoms with Crippen molar-refractivity contribution in [1.29, 1.82) is 0 Å². The van der Waals surface area contributed by atoms with Gasteiger partial charge in [-0.2, -0.15) is 0 Å². The average molecular weight is 430 g/mol. The SMILES string of the molecule is CCN1C(=O)C2(CCN(C(=O)CCc3ccccc3)CC2)CC1C(=O)NCCCOC. The summed E-state index contributed by atoms with van der Waals surface area (Å²) in [5, 5.41) is 2.95. The summed E-state index contributed by atoms with van der Waals surface area (Å²) >= 11 is 0. The standard InChI is InChI=1S/C24H35N3O4/c1-3-27-20(22(29)25-14-7-17-31-2)18-24(23(27)30)12-15-26(16-13-24)21(28)11-10-19-8-5-4-6-9-19/h4-6,8-9,20H,3,7,10-18H2,1-2H3,(H,25,29). The van der Waals surface area contributed by atoms with E-state index in [1.54, 1.807) is 12.0 Å². The lowest BCUT2D eigenvalue weighted by atomic mass is 9.76. The highest BCUT2D eigenvalue weighted by molar-refractivity contribution is 5.94. The first-order valence-corrected chi connectivity index (χ1v) is 11.4. The number of hydrogen-bond acceptors (Lipinski definition) is 4. The maximum absolute atomic E-state index is 13.2. The van der Waals surface area contributed by atoms with Crippen LogP contribution in [-0.2, 0) is 25.5 Å². The van der Waals surface area contributed by atoms with Gasteiger partial charge in [0.1, 0.15) is 6.04 Å². The zero-order chi connectivity index (χ0) is 22.3. The molecule has 0 bridgehead atoms. The van der Waals surface area contributed by atoms with Gasteiger partial charge >= 0.3 is 0 Å². The van der Waals surface area contributed by atoms with Crippen molar-refractivity contribution in [2.75, 3.05) is 39.9 Å². The topological polar surface area (TPSA) is 79.0 Å². The van der Waals surface area contributed by atoms with Gasteiger partial charge in [0.2, 0.25) is 17.7 Å². The number of methoxy groups -OCH3 is 1. The van der Waals surface area contributed by atoms with Crippen molar-refractivity contribution in [2.45, 2.75) is 51.5 Å². The third-order valence-corrected chi connectivity index (χ3v) is 6.69. The first-order valence-electron chi connectivity index (χ1n) is 11.4. The summed E-state index contributed by atoms with van der Waals surface area (Å²) in [6.07, 6.45) is 3.77. The molecule has 7 nitrogen and oxygen atoms in total. The van der Waals surface area contributed by atoms with E-state index in [2.05, 4.69) is 5.32 Å². The number of aryl methyl sites for hydroxylation is 1. The van der Waals surface area contributed by atoms with E-state index in [9.17, 15) is 14.4 Å². The van der Waals surface area contributed by atoms with Gasteiger partial charge in [-0.05, 0) is 44.6 Å². The monoisotopic (exact) mass is 429 g/mol. The number of likely N-dealkylation sites (N-methyl/N-ethyl adjacent to an activating group) is 1. The number of benzene rings is 1. The van der Waals surface area contributed by atoms with Crippen molar-refractivity contribution < 1.29 is 19.1 Å². The molecule has 2 aliphatic heterocycles. The van der Waals surface area contributed by atoms with Crippen LogP contribution in [0.1, 0.15) is 44.6 Å². The third kappa shape index (κ3) is 5.45. The first-order chi connectivity index (χ1) is 15.0. The highest BCUT2D eigenvalue weighted by Crippen LogP contribution is 2.44. The summed E-state index contributed by atoms with van der Waals surface area (Å²) in [6, 6.07) is 9.60. The number of likely N-dealkylation sites (tertiary alicyclic amines) is 2. The van der Waals surface area contributed by atoms with E-state index in [0.717, 1.165) is 18.4 Å². The molecule has 1 N–H and O–H groups in total. The van der Waals surface area contributed by atoms with Crippen molar-refractivity contribution in [1.82, 2.24) is 15.1 Å². The van der Waals surface area contributed by atoms with E-state index in [4.69, 9.17) is 4.74 Å². The number of hydrogen-bond donors (Lipinski definition) is 1. The van der Waals surface area contributed by atoms with Crippen LogP contribution in [0.2, 0.25) is 0 Å². The molecule has 1 aromatic rings. The minimum Gasteiger partial charge on any atom is -0.385 e. The van der Waals surface area contributed by atoms with Crippen molar-refractivity contribution >= 4 is 17.7 Å². The van der Waals surface area contributed by atoms with E-state index >= 15 is 0 Å². The van der Waals surface area contributed by atoms with Crippen LogP contribution in [0.5, 0.6) is 0 Å². The van der Waals surface area contributed by atoms with Gasteiger partial charge in [-0.1, -0.05) is 30.3 Å². The Bertz CT molecular complexity index is 759. The smallest absolute Gasteiger partial charge is 0.242 e. The van der Waals surface area contributed by atoms with E-state index in [-0.39, 0.29) is 17.7 Å². The van der Waals surface area contributed by atoms with E-state index < -0.39 is 11.5 Å². The Morgan fingerprint density at radius 3 is 2.55 bits per heavy atom. The van der Waals surface area contributed by atoms with Gasteiger partial charge in [0.15, 0.2) is 0 Å². The van der Waals surface area contributed by atoms with Gasteiger partial charge in [0.25, 0.3) is 0 Å². The van der Waals surface area contributed by atoms with Crippen LogP contribution in [0.25, 0.3) is 0 Å². The van der Waals surface area contributed by atoms with Crippen molar-refractivity contribution in [3.63, 3.8) is 0 Å². The predicted molar refractivity (Wildman–Crippen MR) is 118 cm³/mol. The molecule has 1 unspecified atom stereocenters. The molecule has 1 atom stereocenters. The van der Waals surface area contributed by atoms with Crippen LogP contribution in [0, 0.1) is 5.41 Å². The number of rotatable bonds is 9. The average Bonchev–Trinajstić information content (AvgIpc) is 3.07. The fourth-order valence-electron chi connectivity index (χ4n) is 4.81. The van der Waals surface area contributed by atoms with Crippen LogP contribution >= 0.6 is 0 Å². The molecule has 1 aromatic carbocycles. The number of carbonyl (C=O) groups excluding carboxylic acids is 3. The molecule has 0 aromatic heterocycles. The molecule has 1 spiro atoms. The Labute approximate surface area is 185 Å². The van der Waals surface area contributed by atoms with E-state index in [1.165, 1.54) is 0 Å². The Balaban J connectivity index is 1.54. The van der Waals surface area contributed by atoms with Crippen LogP contribution in [0.15, 0.2) is 30.3 Å². The van der Waals surface area contributed by atoms with E-state index in [1.807, 2.05) is 42.2 Å². The molecule has 2 fully saturated rings. The number of piperidine rings is 1. The minimum absolute atomic E-state index is 0.0726. The molecule has 31 heavy (non-hydrogen) atoms. The fourth-order valence-corrected chi connectivity index (χ4v) is 4.81. The number of nitrogens with one attached hydrogen (secondary N) is 1. The maximum atomic E-state index is 13.2. The summed E-state index contributed by atoms with van der Waals surface area (Å²) in [5.41, 5.74) is 0.647. The van der Waals surface area contributed by atoms with Crippen LogP contribution < -0.4 is 5.32 Å². The molecule has 3 amide bonds. The molecular weight excluding hydrogens is 394 g/mol. The third-order valence-electron chi connectivity index (χ3n) is 6.69. The number of nitrogens with zero attached hydrogens (tertiary/aromatic N) is 2. The van der Waals surface area contributed by atoms with E-state index in [0.29, 0.717) is 58.5 Å². The molecule has 2 heterocycles. The summed E-state index contributed by atoms with van der Waals surface area (Å²) < 4.78 is 5.02. The lowest BCUT2D eigenvalue weighted by Crippen LogP contribution is -2.47. The molecule has 170 valence electrons. The second-order valence-corrected chi connectivity index (χ2v) is 8.60.